The Morgan fingerprint density at radius 1 is 1.05 bits per heavy atom. The number of hydrogen-bond acceptors (Lipinski definition) is 3. The van der Waals surface area contributed by atoms with Gasteiger partial charge in [-0.3, -0.25) is 0 Å². The molecule has 4 nitrogen and oxygen atoms in total. The van der Waals surface area contributed by atoms with Crippen LogP contribution in [0.25, 0.3) is 11.1 Å². The Morgan fingerprint density at radius 3 is 2.45 bits per heavy atom. The van der Waals surface area contributed by atoms with E-state index >= 15 is 0 Å². The normalized spacial score (nSPS) is 10.6. The molecule has 0 unspecified atom stereocenters. The summed E-state index contributed by atoms with van der Waals surface area (Å²) in [6.07, 6.45) is 0. The van der Waals surface area contributed by atoms with Gasteiger partial charge in [0.15, 0.2) is 0 Å². The van der Waals surface area contributed by atoms with Crippen LogP contribution in [0.1, 0.15) is 11.3 Å². The molecule has 0 fully saturated rings. The number of para-hydroxylation sites is 1. The summed E-state index contributed by atoms with van der Waals surface area (Å²) in [7, 11) is 1.67. The summed E-state index contributed by atoms with van der Waals surface area (Å²) >= 11 is 0. The van der Waals surface area contributed by atoms with Gasteiger partial charge in [-0.2, -0.15) is 5.10 Å². The van der Waals surface area contributed by atoms with Crippen LogP contribution >= 0.6 is 0 Å². The summed E-state index contributed by atoms with van der Waals surface area (Å²) in [5.74, 6) is 1.46. The number of nitrogen functional groups attached to an aromatic ring is 1. The average molecular weight is 293 g/mol. The number of anilines is 1. The average Bonchev–Trinajstić information content (AvgIpc) is 2.82. The molecule has 0 amide bonds. The number of benzene rings is 2. The first-order valence-corrected chi connectivity index (χ1v) is 7.21. The highest BCUT2D eigenvalue weighted by molar-refractivity contribution is 5.80. The van der Waals surface area contributed by atoms with Crippen molar-refractivity contribution in [3.63, 3.8) is 0 Å². The maximum absolute atomic E-state index is 6.35. The number of ether oxygens (including phenoxy) is 1. The van der Waals surface area contributed by atoms with Crippen LogP contribution in [0.15, 0.2) is 54.6 Å². The van der Waals surface area contributed by atoms with Crippen LogP contribution in [0, 0.1) is 6.92 Å². The van der Waals surface area contributed by atoms with Gasteiger partial charge in [-0.05, 0) is 18.6 Å². The second-order valence-electron chi connectivity index (χ2n) is 5.19. The van der Waals surface area contributed by atoms with E-state index in [0.29, 0.717) is 12.4 Å². The van der Waals surface area contributed by atoms with Crippen molar-refractivity contribution in [2.45, 2.75) is 13.5 Å². The van der Waals surface area contributed by atoms with Gasteiger partial charge in [0.25, 0.3) is 0 Å². The predicted octanol–water partition coefficient (Wildman–Crippen LogP) is 3.50. The summed E-state index contributed by atoms with van der Waals surface area (Å²) in [5, 5.41) is 4.59. The third-order valence-corrected chi connectivity index (χ3v) is 3.72. The molecule has 3 aromatic rings. The fourth-order valence-electron chi connectivity index (χ4n) is 2.66. The zero-order valence-electron chi connectivity index (χ0n) is 12.8. The van der Waals surface area contributed by atoms with Gasteiger partial charge < -0.3 is 10.5 Å². The number of rotatable bonds is 4. The minimum Gasteiger partial charge on any atom is -0.496 e. The molecule has 3 rings (SSSR count). The number of aromatic nitrogens is 2. The Labute approximate surface area is 130 Å². The lowest BCUT2D eigenvalue weighted by atomic mass is 10.0. The Kier molecular flexibility index (Phi) is 3.83. The first-order valence-electron chi connectivity index (χ1n) is 7.21. The predicted molar refractivity (Wildman–Crippen MR) is 88.9 cm³/mol. The summed E-state index contributed by atoms with van der Waals surface area (Å²) < 4.78 is 7.28. The van der Waals surface area contributed by atoms with Crippen LogP contribution in [-0.4, -0.2) is 16.9 Å². The molecule has 2 N–H and O–H groups in total. The molecule has 0 saturated carbocycles. The molecule has 22 heavy (non-hydrogen) atoms. The highest BCUT2D eigenvalue weighted by Gasteiger charge is 2.17. The van der Waals surface area contributed by atoms with Gasteiger partial charge in [0.2, 0.25) is 0 Å². The van der Waals surface area contributed by atoms with Crippen LogP contribution in [0.4, 0.5) is 5.82 Å². The minimum atomic E-state index is 0.655. The molecule has 2 aromatic carbocycles. The summed E-state index contributed by atoms with van der Waals surface area (Å²) in [5.41, 5.74) is 10.3. The molecule has 0 radical (unpaired) electrons. The van der Waals surface area contributed by atoms with Crippen LogP contribution in [0.3, 0.4) is 0 Å². The fourth-order valence-corrected chi connectivity index (χ4v) is 2.66. The number of nitrogens with zero attached hydrogens (tertiary/aromatic N) is 2. The van der Waals surface area contributed by atoms with E-state index in [1.54, 1.807) is 7.11 Å². The molecule has 1 aromatic heterocycles. The molecule has 112 valence electrons. The first kappa shape index (κ1) is 14.2. The third-order valence-electron chi connectivity index (χ3n) is 3.72. The maximum Gasteiger partial charge on any atom is 0.130 e. The van der Waals surface area contributed by atoms with Gasteiger partial charge in [0.1, 0.15) is 11.6 Å². The summed E-state index contributed by atoms with van der Waals surface area (Å²) in [6.45, 7) is 2.63. The Bertz CT molecular complexity index is 778. The Morgan fingerprint density at radius 2 is 1.73 bits per heavy atom. The van der Waals surface area contributed by atoms with Crippen molar-refractivity contribution >= 4 is 5.82 Å². The van der Waals surface area contributed by atoms with Gasteiger partial charge in [0.05, 0.1) is 24.9 Å². The number of nitrogens with two attached hydrogens (primary N) is 1. The van der Waals surface area contributed by atoms with Crippen LogP contribution in [0.5, 0.6) is 5.75 Å². The van der Waals surface area contributed by atoms with Gasteiger partial charge in [-0.15, -0.1) is 0 Å². The Balaban J connectivity index is 2.04. The van der Waals surface area contributed by atoms with E-state index in [-0.39, 0.29) is 0 Å². The maximum atomic E-state index is 6.35. The van der Waals surface area contributed by atoms with Gasteiger partial charge >= 0.3 is 0 Å². The SMILES string of the molecule is COc1ccccc1-c1c(C)nn(Cc2ccccc2)c1N. The molecule has 1 heterocycles. The van der Waals surface area contributed by atoms with E-state index in [2.05, 4.69) is 17.2 Å². The van der Waals surface area contributed by atoms with E-state index in [1.165, 1.54) is 5.56 Å². The second kappa shape index (κ2) is 5.93. The van der Waals surface area contributed by atoms with E-state index in [0.717, 1.165) is 22.6 Å². The van der Waals surface area contributed by atoms with E-state index < -0.39 is 0 Å². The summed E-state index contributed by atoms with van der Waals surface area (Å²) in [6, 6.07) is 18.0. The second-order valence-corrected chi connectivity index (χ2v) is 5.19. The molecular weight excluding hydrogens is 274 g/mol. The molecular formula is C18H19N3O. The zero-order valence-corrected chi connectivity index (χ0v) is 12.8. The van der Waals surface area contributed by atoms with Crippen molar-refractivity contribution in [1.29, 1.82) is 0 Å². The van der Waals surface area contributed by atoms with Crippen LogP contribution in [-0.2, 0) is 6.54 Å². The molecule has 0 atom stereocenters. The van der Waals surface area contributed by atoms with Crippen molar-refractivity contribution in [1.82, 2.24) is 9.78 Å². The molecule has 0 aliphatic rings. The fraction of sp³-hybridized carbons (Fsp3) is 0.167. The Hall–Kier alpha value is -2.75. The zero-order chi connectivity index (χ0) is 15.5. The van der Waals surface area contributed by atoms with Crippen LogP contribution < -0.4 is 10.5 Å². The quantitative estimate of drug-likeness (QED) is 0.801. The monoisotopic (exact) mass is 293 g/mol. The summed E-state index contributed by atoms with van der Waals surface area (Å²) in [4.78, 5) is 0. The highest BCUT2D eigenvalue weighted by atomic mass is 16.5. The van der Waals surface area contributed by atoms with E-state index in [9.17, 15) is 0 Å². The highest BCUT2D eigenvalue weighted by Crippen LogP contribution is 2.36. The van der Waals surface area contributed by atoms with Crippen molar-refractivity contribution in [3.05, 3.63) is 65.9 Å². The van der Waals surface area contributed by atoms with Gasteiger partial charge in [0, 0.05) is 5.56 Å². The molecule has 0 saturated heterocycles. The lowest BCUT2D eigenvalue weighted by molar-refractivity contribution is 0.416. The van der Waals surface area contributed by atoms with Crippen molar-refractivity contribution in [2.75, 3.05) is 12.8 Å². The number of methoxy groups -OCH3 is 1. The smallest absolute Gasteiger partial charge is 0.130 e. The van der Waals surface area contributed by atoms with Crippen molar-refractivity contribution in [3.8, 4) is 16.9 Å². The standard InChI is InChI=1S/C18H19N3O/c1-13-17(15-10-6-7-11-16(15)22-2)18(19)21(20-13)12-14-8-4-3-5-9-14/h3-11H,12,19H2,1-2H3. The van der Waals surface area contributed by atoms with Crippen molar-refractivity contribution in [2.24, 2.45) is 0 Å². The lowest BCUT2D eigenvalue weighted by Gasteiger charge is -2.09. The largest absolute Gasteiger partial charge is 0.496 e. The van der Waals surface area contributed by atoms with E-state index in [4.69, 9.17) is 10.5 Å². The first-order chi connectivity index (χ1) is 10.7. The molecule has 0 aliphatic carbocycles. The minimum absolute atomic E-state index is 0.655. The van der Waals surface area contributed by atoms with Gasteiger partial charge in [-0.1, -0.05) is 48.5 Å². The molecule has 0 bridgehead atoms. The lowest BCUT2D eigenvalue weighted by Crippen LogP contribution is -2.06. The molecule has 4 heteroatoms. The molecule has 0 aliphatic heterocycles. The number of aryl methyl sites for hydroxylation is 1. The van der Waals surface area contributed by atoms with E-state index in [1.807, 2.05) is 54.1 Å². The topological polar surface area (TPSA) is 53.1 Å². The third kappa shape index (κ3) is 2.55. The number of hydrogen-bond donors (Lipinski definition) is 1. The van der Waals surface area contributed by atoms with Crippen LogP contribution in [0.2, 0.25) is 0 Å². The van der Waals surface area contributed by atoms with Crippen molar-refractivity contribution < 1.29 is 4.74 Å². The molecule has 0 spiro atoms. The van der Waals surface area contributed by atoms with Gasteiger partial charge in [-0.25, -0.2) is 4.68 Å².